The van der Waals surface area contributed by atoms with E-state index in [0.717, 1.165) is 31.4 Å². The summed E-state index contributed by atoms with van der Waals surface area (Å²) in [7, 11) is 0. The molecule has 30 heavy (non-hydrogen) atoms. The fourth-order valence-corrected chi connectivity index (χ4v) is 4.21. The van der Waals surface area contributed by atoms with E-state index in [4.69, 9.17) is 4.74 Å². The fourth-order valence-electron chi connectivity index (χ4n) is 4.21. The monoisotopic (exact) mass is 409 g/mol. The van der Waals surface area contributed by atoms with Crippen LogP contribution in [0.1, 0.15) is 48.3 Å². The molecule has 1 aliphatic carbocycles. The topological polar surface area (TPSA) is 88.5 Å². The summed E-state index contributed by atoms with van der Waals surface area (Å²) in [6.45, 7) is 1.19. The van der Waals surface area contributed by atoms with Crippen LogP contribution >= 0.6 is 0 Å². The SMILES string of the molecule is O=C(c1cnccn1)N1CC(=O)N(C2CCCCC2)C[C@H](OCc2ccccn2)C1. The molecule has 4 rings (SSSR count). The van der Waals surface area contributed by atoms with E-state index >= 15 is 0 Å². The summed E-state index contributed by atoms with van der Waals surface area (Å²) in [6.07, 6.45) is 11.4. The van der Waals surface area contributed by atoms with E-state index in [2.05, 4.69) is 15.0 Å². The van der Waals surface area contributed by atoms with Gasteiger partial charge in [-0.1, -0.05) is 25.3 Å². The standard InChI is InChI=1S/C22H27N5O3/c28-21-15-26(22(29)20-12-23-10-11-25-20)13-19(30-16-17-6-4-5-9-24-17)14-27(21)18-7-2-1-3-8-18/h4-6,9-12,18-19H,1-3,7-8,13-16H2/t19-/m1/s1. The van der Waals surface area contributed by atoms with Gasteiger partial charge in [-0.05, 0) is 25.0 Å². The number of rotatable bonds is 5. The van der Waals surface area contributed by atoms with Gasteiger partial charge < -0.3 is 14.5 Å². The zero-order chi connectivity index (χ0) is 20.8. The Hall–Kier alpha value is -2.87. The smallest absolute Gasteiger partial charge is 0.274 e. The summed E-state index contributed by atoms with van der Waals surface area (Å²) in [5, 5.41) is 0. The summed E-state index contributed by atoms with van der Waals surface area (Å²) in [4.78, 5) is 42.0. The van der Waals surface area contributed by atoms with Crippen molar-refractivity contribution in [1.82, 2.24) is 24.8 Å². The molecule has 2 amide bonds. The molecule has 0 spiro atoms. The molecule has 3 heterocycles. The Labute approximate surface area is 176 Å². The molecular formula is C22H27N5O3. The summed E-state index contributed by atoms with van der Waals surface area (Å²) < 4.78 is 6.15. The Morgan fingerprint density at radius 1 is 1.07 bits per heavy atom. The summed E-state index contributed by atoms with van der Waals surface area (Å²) in [6, 6.07) is 5.91. The highest BCUT2D eigenvalue weighted by Crippen LogP contribution is 2.25. The summed E-state index contributed by atoms with van der Waals surface area (Å²) in [5.41, 5.74) is 1.06. The third-order valence-corrected chi connectivity index (χ3v) is 5.75. The number of nitrogens with zero attached hydrogens (tertiary/aromatic N) is 5. The Balaban J connectivity index is 1.52. The van der Waals surface area contributed by atoms with Crippen molar-refractivity contribution in [1.29, 1.82) is 0 Å². The van der Waals surface area contributed by atoms with Crippen molar-refractivity contribution in [2.75, 3.05) is 19.6 Å². The van der Waals surface area contributed by atoms with E-state index < -0.39 is 0 Å². The van der Waals surface area contributed by atoms with Gasteiger partial charge in [0.05, 0.1) is 24.6 Å². The fraction of sp³-hybridized carbons (Fsp3) is 0.500. The highest BCUT2D eigenvalue weighted by atomic mass is 16.5. The molecule has 1 saturated heterocycles. The minimum absolute atomic E-state index is 0.0249. The van der Waals surface area contributed by atoms with Crippen LogP contribution in [0.2, 0.25) is 0 Å². The third kappa shape index (κ3) is 4.99. The summed E-state index contributed by atoms with van der Waals surface area (Å²) in [5.74, 6) is -0.323. The number of amides is 2. The molecule has 0 unspecified atom stereocenters. The lowest BCUT2D eigenvalue weighted by atomic mass is 9.94. The van der Waals surface area contributed by atoms with Gasteiger partial charge >= 0.3 is 0 Å². The van der Waals surface area contributed by atoms with Crippen LogP contribution in [0.25, 0.3) is 0 Å². The van der Waals surface area contributed by atoms with E-state index in [1.807, 2.05) is 23.1 Å². The van der Waals surface area contributed by atoms with Crippen LogP contribution in [0.15, 0.2) is 43.0 Å². The van der Waals surface area contributed by atoms with E-state index in [-0.39, 0.29) is 36.2 Å². The molecule has 2 fully saturated rings. The van der Waals surface area contributed by atoms with Crippen LogP contribution in [0.5, 0.6) is 0 Å². The van der Waals surface area contributed by atoms with Crippen molar-refractivity contribution in [3.63, 3.8) is 0 Å². The predicted octanol–water partition coefficient (Wildman–Crippen LogP) is 2.07. The quantitative estimate of drug-likeness (QED) is 0.751. The number of ether oxygens (including phenoxy) is 1. The molecule has 0 bridgehead atoms. The van der Waals surface area contributed by atoms with E-state index in [0.29, 0.717) is 19.7 Å². The molecule has 8 heteroatoms. The molecule has 2 aliphatic rings. The van der Waals surface area contributed by atoms with E-state index in [9.17, 15) is 9.59 Å². The van der Waals surface area contributed by atoms with Gasteiger partial charge in [0.2, 0.25) is 5.91 Å². The van der Waals surface area contributed by atoms with E-state index in [1.54, 1.807) is 6.20 Å². The molecule has 0 aromatic carbocycles. The first kappa shape index (κ1) is 20.4. The minimum atomic E-state index is -0.298. The lowest BCUT2D eigenvalue weighted by Crippen LogP contribution is -2.46. The van der Waals surface area contributed by atoms with Crippen molar-refractivity contribution in [2.24, 2.45) is 0 Å². The molecule has 0 N–H and O–H groups in total. The number of pyridine rings is 1. The molecule has 2 aromatic heterocycles. The maximum absolute atomic E-state index is 13.1. The highest BCUT2D eigenvalue weighted by molar-refractivity contribution is 5.95. The molecule has 2 aromatic rings. The van der Waals surface area contributed by atoms with Crippen molar-refractivity contribution in [3.8, 4) is 0 Å². The Kier molecular flexibility index (Phi) is 6.63. The number of hydrogen-bond acceptors (Lipinski definition) is 6. The molecule has 0 radical (unpaired) electrons. The number of carbonyl (C=O) groups is 2. The maximum Gasteiger partial charge on any atom is 0.274 e. The van der Waals surface area contributed by atoms with Gasteiger partial charge in [0, 0.05) is 37.7 Å². The van der Waals surface area contributed by atoms with Crippen molar-refractivity contribution in [3.05, 3.63) is 54.4 Å². The zero-order valence-electron chi connectivity index (χ0n) is 17.0. The molecule has 8 nitrogen and oxygen atoms in total. The van der Waals surface area contributed by atoms with Crippen LogP contribution in [0.3, 0.4) is 0 Å². The Morgan fingerprint density at radius 3 is 2.67 bits per heavy atom. The van der Waals surface area contributed by atoms with Gasteiger partial charge in [0.25, 0.3) is 5.91 Å². The number of aromatic nitrogens is 3. The second-order valence-corrected chi connectivity index (χ2v) is 7.87. The van der Waals surface area contributed by atoms with Gasteiger partial charge in [-0.2, -0.15) is 0 Å². The molecule has 1 aliphatic heterocycles. The van der Waals surface area contributed by atoms with E-state index in [1.165, 1.54) is 29.9 Å². The van der Waals surface area contributed by atoms with Gasteiger partial charge in [0.1, 0.15) is 12.2 Å². The molecule has 158 valence electrons. The third-order valence-electron chi connectivity index (χ3n) is 5.75. The van der Waals surface area contributed by atoms with Crippen LogP contribution < -0.4 is 0 Å². The van der Waals surface area contributed by atoms with Crippen molar-refractivity contribution >= 4 is 11.8 Å². The molecular weight excluding hydrogens is 382 g/mol. The Morgan fingerprint density at radius 2 is 1.93 bits per heavy atom. The normalized spacial score (nSPS) is 20.8. The largest absolute Gasteiger partial charge is 0.368 e. The van der Waals surface area contributed by atoms with Crippen LogP contribution in [-0.4, -0.2) is 68.3 Å². The average Bonchev–Trinajstić information content (AvgIpc) is 2.98. The number of hydrogen-bond donors (Lipinski definition) is 0. The predicted molar refractivity (Wildman–Crippen MR) is 109 cm³/mol. The molecule has 1 saturated carbocycles. The summed E-state index contributed by atoms with van der Waals surface area (Å²) >= 11 is 0. The van der Waals surface area contributed by atoms with Gasteiger partial charge in [-0.25, -0.2) is 4.98 Å². The van der Waals surface area contributed by atoms with Crippen molar-refractivity contribution < 1.29 is 14.3 Å². The minimum Gasteiger partial charge on any atom is -0.368 e. The lowest BCUT2D eigenvalue weighted by Gasteiger charge is -2.34. The Bertz CT molecular complexity index is 842. The highest BCUT2D eigenvalue weighted by Gasteiger charge is 2.35. The van der Waals surface area contributed by atoms with Gasteiger partial charge in [-0.3, -0.25) is 19.6 Å². The zero-order valence-corrected chi connectivity index (χ0v) is 17.0. The molecule has 1 atom stereocenters. The second-order valence-electron chi connectivity index (χ2n) is 7.87. The second kappa shape index (κ2) is 9.75. The van der Waals surface area contributed by atoms with Gasteiger partial charge in [0.15, 0.2) is 0 Å². The average molecular weight is 409 g/mol. The van der Waals surface area contributed by atoms with Crippen molar-refractivity contribution in [2.45, 2.75) is 50.9 Å². The first-order valence-corrected chi connectivity index (χ1v) is 10.6. The lowest BCUT2D eigenvalue weighted by molar-refractivity contribution is -0.134. The number of carbonyl (C=O) groups excluding carboxylic acids is 2. The van der Waals surface area contributed by atoms with Crippen LogP contribution in [-0.2, 0) is 16.1 Å². The first-order valence-electron chi connectivity index (χ1n) is 10.6. The van der Waals surface area contributed by atoms with Gasteiger partial charge in [-0.15, -0.1) is 0 Å². The maximum atomic E-state index is 13.1. The first-order chi connectivity index (χ1) is 14.7. The van der Waals surface area contributed by atoms with Crippen LogP contribution in [0, 0.1) is 0 Å². The van der Waals surface area contributed by atoms with Crippen LogP contribution in [0.4, 0.5) is 0 Å².